The molecule has 1 heterocycles. The zero-order valence-corrected chi connectivity index (χ0v) is 10.9. The summed E-state index contributed by atoms with van der Waals surface area (Å²) >= 11 is 1.35. The molecule has 0 spiro atoms. The van der Waals surface area contributed by atoms with Gasteiger partial charge < -0.3 is 4.90 Å². The van der Waals surface area contributed by atoms with Crippen LogP contribution in [0.3, 0.4) is 0 Å². The molecule has 1 aromatic carbocycles. The van der Waals surface area contributed by atoms with Gasteiger partial charge in [0.15, 0.2) is 5.16 Å². The molecule has 0 saturated heterocycles. The average Bonchev–Trinajstić information content (AvgIpc) is 2.90. The summed E-state index contributed by atoms with van der Waals surface area (Å²) in [6.07, 6.45) is 1.43. The number of rotatable bonds is 5. The Morgan fingerprint density at radius 2 is 2.17 bits per heavy atom. The molecule has 1 aromatic heterocycles. The van der Waals surface area contributed by atoms with Crippen LogP contribution in [0.15, 0.2) is 41.8 Å². The van der Waals surface area contributed by atoms with Crippen LogP contribution in [0.25, 0.3) is 0 Å². The third-order valence-corrected chi connectivity index (χ3v) is 3.28. The minimum Gasteiger partial charge on any atom is -0.341 e. The molecule has 0 unspecified atom stereocenters. The van der Waals surface area contributed by atoms with E-state index in [-0.39, 0.29) is 5.91 Å². The standard InChI is InChI=1S/C12H14N4OS/c1-16(7-10-5-3-2-4-6-10)11(17)8-18-12-13-9-14-15-12/h2-6,9H,7-8H2,1H3,(H,13,14,15). The van der Waals surface area contributed by atoms with E-state index in [9.17, 15) is 4.79 Å². The molecule has 1 N–H and O–H groups in total. The van der Waals surface area contributed by atoms with Gasteiger partial charge in [0.25, 0.3) is 0 Å². The van der Waals surface area contributed by atoms with Crippen LogP contribution in [0, 0.1) is 0 Å². The largest absolute Gasteiger partial charge is 0.341 e. The number of carbonyl (C=O) groups excluding carboxylic acids is 1. The number of nitrogens with one attached hydrogen (secondary N) is 1. The Labute approximate surface area is 110 Å². The summed E-state index contributed by atoms with van der Waals surface area (Å²) in [5.74, 6) is 0.429. The lowest BCUT2D eigenvalue weighted by molar-refractivity contribution is -0.127. The molecule has 2 aromatic rings. The number of benzene rings is 1. The predicted molar refractivity (Wildman–Crippen MR) is 70.0 cm³/mol. The maximum Gasteiger partial charge on any atom is 0.233 e. The molecule has 1 amide bonds. The van der Waals surface area contributed by atoms with Crippen LogP contribution in [0.1, 0.15) is 5.56 Å². The first kappa shape index (κ1) is 12.6. The molecule has 94 valence electrons. The maximum atomic E-state index is 11.9. The first-order valence-electron chi connectivity index (χ1n) is 5.52. The molecule has 0 atom stereocenters. The predicted octanol–water partition coefficient (Wildman–Crippen LogP) is 1.56. The third kappa shape index (κ3) is 3.59. The Bertz CT molecular complexity index is 486. The van der Waals surface area contributed by atoms with Gasteiger partial charge in [-0.15, -0.1) is 0 Å². The fourth-order valence-corrected chi connectivity index (χ4v) is 2.17. The lowest BCUT2D eigenvalue weighted by Gasteiger charge is -2.16. The summed E-state index contributed by atoms with van der Waals surface area (Å²) in [4.78, 5) is 17.5. The topological polar surface area (TPSA) is 61.9 Å². The van der Waals surface area contributed by atoms with Crippen molar-refractivity contribution in [2.24, 2.45) is 0 Å². The summed E-state index contributed by atoms with van der Waals surface area (Å²) in [7, 11) is 1.80. The molecule has 18 heavy (non-hydrogen) atoms. The van der Waals surface area contributed by atoms with Crippen LogP contribution in [-0.2, 0) is 11.3 Å². The third-order valence-electron chi connectivity index (χ3n) is 2.41. The van der Waals surface area contributed by atoms with E-state index in [0.717, 1.165) is 5.56 Å². The number of aromatic nitrogens is 3. The van der Waals surface area contributed by atoms with E-state index >= 15 is 0 Å². The van der Waals surface area contributed by atoms with Gasteiger partial charge in [-0.25, -0.2) is 4.98 Å². The molecule has 2 rings (SSSR count). The van der Waals surface area contributed by atoms with E-state index in [1.165, 1.54) is 18.1 Å². The van der Waals surface area contributed by atoms with Crippen molar-refractivity contribution in [1.82, 2.24) is 20.1 Å². The molecule has 6 heteroatoms. The number of nitrogens with zero attached hydrogens (tertiary/aromatic N) is 3. The van der Waals surface area contributed by atoms with Crippen molar-refractivity contribution in [2.45, 2.75) is 11.7 Å². The molecule has 0 aliphatic heterocycles. The molecular weight excluding hydrogens is 248 g/mol. The van der Waals surface area contributed by atoms with E-state index in [1.54, 1.807) is 11.9 Å². The number of amides is 1. The van der Waals surface area contributed by atoms with Gasteiger partial charge in [-0.1, -0.05) is 42.1 Å². The van der Waals surface area contributed by atoms with Crippen molar-refractivity contribution in [3.63, 3.8) is 0 Å². The SMILES string of the molecule is CN(Cc1ccccc1)C(=O)CSc1ncn[nH]1. The van der Waals surface area contributed by atoms with E-state index < -0.39 is 0 Å². The van der Waals surface area contributed by atoms with Crippen LogP contribution in [-0.4, -0.2) is 38.8 Å². The van der Waals surface area contributed by atoms with Crippen molar-refractivity contribution >= 4 is 17.7 Å². The number of thioether (sulfide) groups is 1. The summed E-state index contributed by atoms with van der Waals surface area (Å²) in [6, 6.07) is 9.92. The molecule has 0 aliphatic carbocycles. The smallest absolute Gasteiger partial charge is 0.233 e. The lowest BCUT2D eigenvalue weighted by Crippen LogP contribution is -2.27. The molecular formula is C12H14N4OS. The fraction of sp³-hybridized carbons (Fsp3) is 0.250. The molecule has 0 radical (unpaired) electrons. The highest BCUT2D eigenvalue weighted by Crippen LogP contribution is 2.12. The summed E-state index contributed by atoms with van der Waals surface area (Å²) < 4.78 is 0. The first-order valence-corrected chi connectivity index (χ1v) is 6.50. The van der Waals surface area contributed by atoms with Crippen LogP contribution < -0.4 is 0 Å². The average molecular weight is 262 g/mol. The summed E-state index contributed by atoms with van der Waals surface area (Å²) in [5, 5.41) is 7.11. The second kappa shape index (κ2) is 6.20. The van der Waals surface area contributed by atoms with Gasteiger partial charge in [0, 0.05) is 13.6 Å². The Balaban J connectivity index is 1.82. The Kier molecular flexibility index (Phi) is 4.35. The van der Waals surface area contributed by atoms with Crippen LogP contribution in [0.4, 0.5) is 0 Å². The molecule has 5 nitrogen and oxygen atoms in total. The van der Waals surface area contributed by atoms with Crippen molar-refractivity contribution in [2.75, 3.05) is 12.8 Å². The van der Waals surface area contributed by atoms with Crippen molar-refractivity contribution in [3.8, 4) is 0 Å². The zero-order valence-electron chi connectivity index (χ0n) is 10.0. The molecule has 0 aliphatic rings. The summed E-state index contributed by atoms with van der Waals surface area (Å²) in [6.45, 7) is 0.622. The van der Waals surface area contributed by atoms with Crippen LogP contribution in [0.2, 0.25) is 0 Å². The van der Waals surface area contributed by atoms with Gasteiger partial charge in [0.1, 0.15) is 6.33 Å². The second-order valence-corrected chi connectivity index (χ2v) is 4.78. The van der Waals surface area contributed by atoms with Crippen LogP contribution >= 0.6 is 11.8 Å². The lowest BCUT2D eigenvalue weighted by atomic mass is 10.2. The van der Waals surface area contributed by atoms with Gasteiger partial charge in [-0.05, 0) is 5.56 Å². The number of H-pyrrole nitrogens is 1. The molecule has 0 saturated carbocycles. The molecule has 0 bridgehead atoms. The monoisotopic (exact) mass is 262 g/mol. The van der Waals surface area contributed by atoms with Gasteiger partial charge >= 0.3 is 0 Å². The van der Waals surface area contributed by atoms with E-state index in [0.29, 0.717) is 17.5 Å². The van der Waals surface area contributed by atoms with Gasteiger partial charge in [-0.2, -0.15) is 5.10 Å². The Morgan fingerprint density at radius 3 is 2.83 bits per heavy atom. The van der Waals surface area contributed by atoms with Crippen LogP contribution in [0.5, 0.6) is 0 Å². The Hall–Kier alpha value is -1.82. The summed E-state index contributed by atoms with van der Waals surface area (Å²) in [5.41, 5.74) is 1.12. The van der Waals surface area contributed by atoms with E-state index in [4.69, 9.17) is 0 Å². The Morgan fingerprint density at radius 1 is 1.39 bits per heavy atom. The number of carbonyl (C=O) groups is 1. The van der Waals surface area contributed by atoms with Gasteiger partial charge in [-0.3, -0.25) is 9.89 Å². The van der Waals surface area contributed by atoms with Gasteiger partial charge in [0.2, 0.25) is 5.91 Å². The highest BCUT2D eigenvalue weighted by Gasteiger charge is 2.10. The number of hydrogen-bond acceptors (Lipinski definition) is 4. The maximum absolute atomic E-state index is 11.9. The van der Waals surface area contributed by atoms with E-state index in [1.807, 2.05) is 30.3 Å². The quantitative estimate of drug-likeness (QED) is 0.831. The second-order valence-electron chi connectivity index (χ2n) is 3.81. The van der Waals surface area contributed by atoms with Crippen molar-refractivity contribution in [3.05, 3.63) is 42.2 Å². The highest BCUT2D eigenvalue weighted by molar-refractivity contribution is 7.99. The number of aromatic amines is 1. The first-order chi connectivity index (χ1) is 8.75. The highest BCUT2D eigenvalue weighted by atomic mass is 32.2. The fourth-order valence-electron chi connectivity index (χ4n) is 1.45. The van der Waals surface area contributed by atoms with Crippen molar-refractivity contribution in [1.29, 1.82) is 0 Å². The molecule has 0 fully saturated rings. The zero-order chi connectivity index (χ0) is 12.8. The minimum absolute atomic E-state index is 0.0697. The normalized spacial score (nSPS) is 10.3. The minimum atomic E-state index is 0.0697. The van der Waals surface area contributed by atoms with Gasteiger partial charge in [0.05, 0.1) is 5.75 Å². The number of hydrogen-bond donors (Lipinski definition) is 1. The van der Waals surface area contributed by atoms with Crippen molar-refractivity contribution < 1.29 is 4.79 Å². The van der Waals surface area contributed by atoms with E-state index in [2.05, 4.69) is 15.2 Å².